The van der Waals surface area contributed by atoms with E-state index >= 15 is 0 Å². The summed E-state index contributed by atoms with van der Waals surface area (Å²) in [7, 11) is 0. The number of rotatable bonds is 2. The Balaban J connectivity index is 3.13. The molecule has 0 aromatic carbocycles. The lowest BCUT2D eigenvalue weighted by atomic mass is 9.91. The minimum atomic E-state index is -0.475. The van der Waals surface area contributed by atoms with E-state index in [-0.39, 0.29) is 16.4 Å². The molecule has 16 heavy (non-hydrogen) atoms. The Morgan fingerprint density at radius 2 is 2.06 bits per heavy atom. The van der Waals surface area contributed by atoms with Gasteiger partial charge in [-0.05, 0) is 24.6 Å². The average molecular weight is 243 g/mol. The van der Waals surface area contributed by atoms with Gasteiger partial charge >= 0.3 is 5.97 Å². The van der Waals surface area contributed by atoms with Crippen LogP contribution in [0.1, 0.15) is 43.9 Å². The first-order chi connectivity index (χ1) is 7.34. The number of ether oxygens (including phenoxy) is 1. The maximum atomic E-state index is 11.5. The maximum absolute atomic E-state index is 11.5. The molecule has 0 spiro atoms. The Morgan fingerprint density at radius 1 is 1.44 bits per heavy atom. The molecule has 0 radical (unpaired) electrons. The number of carbonyl (C=O) groups excluding carboxylic acids is 1. The Bertz CT molecular complexity index is 399. The summed E-state index contributed by atoms with van der Waals surface area (Å²) >= 11 is 5.77. The molecule has 0 aliphatic rings. The van der Waals surface area contributed by atoms with Gasteiger partial charge in [-0.1, -0.05) is 20.8 Å². The van der Waals surface area contributed by atoms with E-state index in [0.717, 1.165) is 5.69 Å². The molecule has 0 amide bonds. The molecule has 0 bridgehead atoms. The van der Waals surface area contributed by atoms with Crippen molar-refractivity contribution in [2.75, 3.05) is 6.61 Å². The van der Waals surface area contributed by atoms with Crippen molar-refractivity contribution in [1.29, 1.82) is 0 Å². The van der Waals surface area contributed by atoms with Gasteiger partial charge in [-0.2, -0.15) is 0 Å². The molecule has 0 unspecified atom stereocenters. The first kappa shape index (κ1) is 12.9. The fraction of sp³-hybridized carbons (Fsp3) is 0.545. The van der Waals surface area contributed by atoms with Gasteiger partial charge in [0.25, 0.3) is 0 Å². The average Bonchev–Trinajstić information content (AvgIpc) is 2.16. The summed E-state index contributed by atoms with van der Waals surface area (Å²) in [4.78, 5) is 19.4. The van der Waals surface area contributed by atoms with E-state index in [0.29, 0.717) is 6.61 Å². The van der Waals surface area contributed by atoms with E-state index in [9.17, 15) is 4.79 Å². The van der Waals surface area contributed by atoms with Crippen LogP contribution in [0.15, 0.2) is 6.07 Å². The van der Waals surface area contributed by atoms with Crippen molar-refractivity contribution in [2.24, 2.45) is 0 Å². The first-order valence-corrected chi connectivity index (χ1v) is 5.44. The van der Waals surface area contributed by atoms with Gasteiger partial charge in [0, 0.05) is 5.41 Å². The highest BCUT2D eigenvalue weighted by molar-refractivity contribution is 6.28. The predicted molar refractivity (Wildman–Crippen MR) is 61.7 cm³/mol. The summed E-state index contributed by atoms with van der Waals surface area (Å²) in [5.74, 6) is -0.475. The number of carbonyl (C=O) groups is 1. The molecular weight excluding hydrogens is 228 g/mol. The van der Waals surface area contributed by atoms with Crippen molar-refractivity contribution in [3.8, 4) is 0 Å². The normalized spacial score (nSPS) is 11.3. The molecule has 0 fully saturated rings. The van der Waals surface area contributed by atoms with Crippen LogP contribution in [0.25, 0.3) is 0 Å². The summed E-state index contributed by atoms with van der Waals surface area (Å²) in [6.07, 6.45) is 0. The van der Waals surface area contributed by atoms with Gasteiger partial charge in [0.1, 0.15) is 0 Å². The molecule has 0 saturated carbocycles. The van der Waals surface area contributed by atoms with Crippen LogP contribution in [0, 0.1) is 0 Å². The van der Waals surface area contributed by atoms with E-state index in [4.69, 9.17) is 16.3 Å². The van der Waals surface area contributed by atoms with Crippen LogP contribution in [-0.4, -0.2) is 22.5 Å². The molecule has 5 heteroatoms. The van der Waals surface area contributed by atoms with Gasteiger partial charge in [0.05, 0.1) is 12.3 Å². The fourth-order valence-corrected chi connectivity index (χ4v) is 1.29. The third-order valence-electron chi connectivity index (χ3n) is 1.95. The van der Waals surface area contributed by atoms with Crippen LogP contribution in [0.3, 0.4) is 0 Å². The van der Waals surface area contributed by atoms with Gasteiger partial charge in [0.2, 0.25) is 5.28 Å². The molecule has 0 aliphatic heterocycles. The number of hydrogen-bond donors (Lipinski definition) is 0. The van der Waals surface area contributed by atoms with Crippen molar-refractivity contribution in [3.63, 3.8) is 0 Å². The topological polar surface area (TPSA) is 52.1 Å². The van der Waals surface area contributed by atoms with Crippen LogP contribution < -0.4 is 0 Å². The van der Waals surface area contributed by atoms with E-state index < -0.39 is 5.97 Å². The number of esters is 1. The Labute approximate surface area is 100 Å². The van der Waals surface area contributed by atoms with Crippen molar-refractivity contribution in [1.82, 2.24) is 9.97 Å². The van der Waals surface area contributed by atoms with E-state index in [2.05, 4.69) is 9.97 Å². The minimum absolute atomic E-state index is 0.0653. The largest absolute Gasteiger partial charge is 0.461 e. The van der Waals surface area contributed by atoms with Gasteiger partial charge in [-0.3, -0.25) is 0 Å². The van der Waals surface area contributed by atoms with Crippen LogP contribution >= 0.6 is 11.6 Å². The second-order valence-electron chi connectivity index (χ2n) is 4.38. The predicted octanol–water partition coefficient (Wildman–Crippen LogP) is 2.60. The lowest BCUT2D eigenvalue weighted by molar-refractivity contribution is 0.0519. The molecule has 1 rings (SSSR count). The van der Waals surface area contributed by atoms with Crippen LogP contribution in [0.5, 0.6) is 0 Å². The van der Waals surface area contributed by atoms with E-state index in [1.165, 1.54) is 0 Å². The van der Waals surface area contributed by atoms with Crippen molar-refractivity contribution in [2.45, 2.75) is 33.1 Å². The molecule has 0 N–H and O–H groups in total. The zero-order chi connectivity index (χ0) is 12.3. The van der Waals surface area contributed by atoms with E-state index in [1.807, 2.05) is 20.8 Å². The number of aromatic nitrogens is 2. The molecular formula is C11H15ClN2O2. The molecule has 1 aromatic rings. The maximum Gasteiger partial charge on any atom is 0.357 e. The number of halogens is 1. The first-order valence-electron chi connectivity index (χ1n) is 5.06. The fourth-order valence-electron chi connectivity index (χ4n) is 1.11. The summed E-state index contributed by atoms with van der Waals surface area (Å²) in [5.41, 5.74) is 0.732. The molecule has 1 aromatic heterocycles. The monoisotopic (exact) mass is 242 g/mol. The highest BCUT2D eigenvalue weighted by Gasteiger charge is 2.20. The van der Waals surface area contributed by atoms with Crippen molar-refractivity contribution >= 4 is 17.6 Å². The molecule has 0 saturated heterocycles. The van der Waals surface area contributed by atoms with Crippen molar-refractivity contribution in [3.05, 3.63) is 22.7 Å². The SMILES string of the molecule is CCOC(=O)c1cc(C(C)(C)C)nc(Cl)n1. The zero-order valence-electron chi connectivity index (χ0n) is 9.87. The van der Waals surface area contributed by atoms with Crippen LogP contribution in [0.2, 0.25) is 5.28 Å². The standard InChI is InChI=1S/C11H15ClN2O2/c1-5-16-9(15)7-6-8(11(2,3)4)14-10(12)13-7/h6H,5H2,1-4H3. The highest BCUT2D eigenvalue weighted by Crippen LogP contribution is 2.22. The Morgan fingerprint density at radius 3 is 2.56 bits per heavy atom. The molecule has 1 heterocycles. The lowest BCUT2D eigenvalue weighted by Crippen LogP contribution is -2.17. The summed E-state index contributed by atoms with van der Waals surface area (Å²) < 4.78 is 4.86. The highest BCUT2D eigenvalue weighted by atomic mass is 35.5. The summed E-state index contributed by atoms with van der Waals surface area (Å²) in [6.45, 7) is 8.01. The van der Waals surface area contributed by atoms with E-state index in [1.54, 1.807) is 13.0 Å². The van der Waals surface area contributed by atoms with Gasteiger partial charge in [-0.25, -0.2) is 14.8 Å². The quantitative estimate of drug-likeness (QED) is 0.591. The van der Waals surface area contributed by atoms with Crippen LogP contribution in [-0.2, 0) is 10.2 Å². The molecule has 4 nitrogen and oxygen atoms in total. The summed E-state index contributed by atoms with van der Waals surface area (Å²) in [5, 5.41) is 0.0653. The molecule has 88 valence electrons. The van der Waals surface area contributed by atoms with Gasteiger partial charge < -0.3 is 4.74 Å². The third-order valence-corrected chi connectivity index (χ3v) is 2.12. The lowest BCUT2D eigenvalue weighted by Gasteiger charge is -2.17. The number of nitrogens with zero attached hydrogens (tertiary/aromatic N) is 2. The zero-order valence-corrected chi connectivity index (χ0v) is 10.6. The number of hydrogen-bond acceptors (Lipinski definition) is 4. The smallest absolute Gasteiger partial charge is 0.357 e. The Kier molecular flexibility index (Phi) is 3.86. The second-order valence-corrected chi connectivity index (χ2v) is 4.72. The second kappa shape index (κ2) is 4.78. The summed E-state index contributed by atoms with van der Waals surface area (Å²) in [6, 6.07) is 1.61. The van der Waals surface area contributed by atoms with Crippen LogP contribution in [0.4, 0.5) is 0 Å². The van der Waals surface area contributed by atoms with Crippen molar-refractivity contribution < 1.29 is 9.53 Å². The molecule has 0 aliphatic carbocycles. The van der Waals surface area contributed by atoms with Gasteiger partial charge in [-0.15, -0.1) is 0 Å². The third kappa shape index (κ3) is 3.17. The van der Waals surface area contributed by atoms with Gasteiger partial charge in [0.15, 0.2) is 5.69 Å². The minimum Gasteiger partial charge on any atom is -0.461 e. The molecule has 0 atom stereocenters. The Hall–Kier alpha value is -1.16.